The van der Waals surface area contributed by atoms with E-state index in [1.807, 2.05) is 0 Å². The zero-order chi connectivity index (χ0) is 13.5. The van der Waals surface area contributed by atoms with Gasteiger partial charge in [-0.3, -0.25) is 0 Å². The molecule has 0 aromatic rings. The molecule has 0 aliphatic heterocycles. The molecule has 0 bridgehead atoms. The Kier molecular flexibility index (Phi) is 15.0. The van der Waals surface area contributed by atoms with E-state index in [9.17, 15) is 0 Å². The average molecular weight is 410 g/mol. The Balaban J connectivity index is -0.0000000655. The van der Waals surface area contributed by atoms with E-state index < -0.39 is 30.9 Å². The van der Waals surface area contributed by atoms with Gasteiger partial charge in [0.25, 0.3) is 0 Å². The molecule has 0 heterocycles. The summed E-state index contributed by atoms with van der Waals surface area (Å²) in [5.41, 5.74) is 0. The van der Waals surface area contributed by atoms with Crippen molar-refractivity contribution in [2.24, 2.45) is 15.4 Å². The minimum absolute atomic E-state index is 0. The molecule has 0 atom stereocenters. The van der Waals surface area contributed by atoms with Gasteiger partial charge in [0.15, 0.2) is 30.9 Å². The minimum atomic E-state index is -4.42. The summed E-state index contributed by atoms with van der Waals surface area (Å²) < 4.78 is 79.7. The normalized spacial score (nSPS) is 10.9. The van der Waals surface area contributed by atoms with Crippen molar-refractivity contribution in [3.05, 3.63) is 0 Å². The molecule has 0 spiro atoms. The fourth-order valence-electron chi connectivity index (χ4n) is 0. The fraction of sp³-hybridized carbons (Fsp3) is 0. The van der Waals surface area contributed by atoms with E-state index in [0.717, 1.165) is 0 Å². The quantitative estimate of drug-likeness (QED) is 0.255. The van der Waals surface area contributed by atoms with E-state index in [1.165, 1.54) is 0 Å². The van der Waals surface area contributed by atoms with Crippen molar-refractivity contribution in [2.75, 3.05) is 0 Å². The Hall–Kier alpha value is 0.428. The third-order valence-electron chi connectivity index (χ3n) is 0. The smallest absolute Gasteiger partial charge is 0.736 e. The van der Waals surface area contributed by atoms with Gasteiger partial charge in [-0.05, 0) is 0 Å². The fourth-order valence-corrected chi connectivity index (χ4v) is 0. The number of hydrogen-bond donors (Lipinski definition) is 3. The van der Waals surface area contributed by atoms with Gasteiger partial charge in [-0.2, -0.15) is 0 Å². The van der Waals surface area contributed by atoms with Crippen LogP contribution in [-0.2, 0) is 30.9 Å². The van der Waals surface area contributed by atoms with E-state index in [4.69, 9.17) is 38.9 Å². The third-order valence-corrected chi connectivity index (χ3v) is 0. The van der Waals surface area contributed by atoms with Gasteiger partial charge >= 0.3 is 24.4 Å². The average Bonchev–Trinajstić information content (AvgIpc) is 1.41. The van der Waals surface area contributed by atoms with Crippen molar-refractivity contribution in [2.45, 2.75) is 0 Å². The van der Waals surface area contributed by atoms with Crippen LogP contribution in [0.5, 0.6) is 0 Å². The van der Waals surface area contributed by atoms with Crippen LogP contribution < -0.4 is 15.4 Å². The molecule has 2 radical (unpaired) electrons. The van der Waals surface area contributed by atoms with Gasteiger partial charge in [0.2, 0.25) is 0 Å². The third kappa shape index (κ3) is 14200. The molecule has 0 rings (SSSR count). The van der Waals surface area contributed by atoms with Crippen molar-refractivity contribution in [3.8, 4) is 0 Å². The van der Waals surface area contributed by atoms with Gasteiger partial charge < -0.3 is 13.7 Å². The summed E-state index contributed by atoms with van der Waals surface area (Å²) in [5.74, 6) is 0. The Bertz CT molecular complexity index is 347. The van der Waals surface area contributed by atoms with Gasteiger partial charge in [0, 0.05) is 0 Å². The molecule has 16 heavy (non-hydrogen) atoms. The first-order valence-electron chi connectivity index (χ1n) is 2.21. The Labute approximate surface area is 109 Å². The van der Waals surface area contributed by atoms with Crippen LogP contribution in [0.25, 0.3) is 0 Å². The summed E-state index contributed by atoms with van der Waals surface area (Å²) in [5, 5.41) is 11.3. The van der Waals surface area contributed by atoms with Crippen molar-refractivity contribution in [1.29, 1.82) is 0 Å². The van der Waals surface area contributed by atoms with E-state index >= 15 is 0 Å². The summed E-state index contributed by atoms with van der Waals surface area (Å²) in [6.45, 7) is 0. The summed E-state index contributed by atoms with van der Waals surface area (Å²) in [4.78, 5) is 0. The minimum Gasteiger partial charge on any atom is -0.736 e. The van der Waals surface area contributed by atoms with Crippen LogP contribution in [0.15, 0.2) is 0 Å². The molecule has 12 nitrogen and oxygen atoms in total. The van der Waals surface area contributed by atoms with Crippen LogP contribution in [-0.4, -0.2) is 63.3 Å². The van der Waals surface area contributed by atoms with Gasteiger partial charge in [-0.15, -0.1) is 0 Å². The van der Waals surface area contributed by atoms with Crippen molar-refractivity contribution < 1.29 is 38.9 Å². The second-order valence-electron chi connectivity index (χ2n) is 1.48. The molecular formula is H6N3O9S3Sb. The summed E-state index contributed by atoms with van der Waals surface area (Å²) in [6, 6.07) is 0. The second-order valence-corrected chi connectivity index (χ2v) is 4.44. The van der Waals surface area contributed by atoms with Crippen LogP contribution in [0.1, 0.15) is 0 Å². The first-order chi connectivity index (χ1) is 6.00. The topological polar surface area (TPSA) is 250 Å². The Morgan fingerprint density at radius 2 is 0.562 bits per heavy atom. The molecule has 0 aliphatic rings. The van der Waals surface area contributed by atoms with Crippen molar-refractivity contribution in [1.82, 2.24) is 0 Å². The van der Waals surface area contributed by atoms with Gasteiger partial charge in [-0.25, -0.2) is 40.7 Å². The SMILES string of the molecule is NS(=O)(=O)[O-].NS(=O)(=O)[O-].NS(=O)(=O)[O-].[Sb+3]. The Morgan fingerprint density at radius 3 is 0.562 bits per heavy atom. The molecule has 0 aromatic heterocycles. The van der Waals surface area contributed by atoms with E-state index in [1.54, 1.807) is 0 Å². The molecule has 0 saturated carbocycles. The number of rotatable bonds is 0. The number of hydrogen-bond acceptors (Lipinski definition) is 9. The molecule has 0 aromatic carbocycles. The summed E-state index contributed by atoms with van der Waals surface area (Å²) in [7, 11) is -13.2. The van der Waals surface area contributed by atoms with Gasteiger partial charge in [-0.1, -0.05) is 0 Å². The Morgan fingerprint density at radius 1 is 0.562 bits per heavy atom. The second kappa shape index (κ2) is 9.46. The van der Waals surface area contributed by atoms with Crippen LogP contribution in [0, 0.1) is 0 Å². The van der Waals surface area contributed by atoms with Crippen molar-refractivity contribution >= 4 is 55.3 Å². The van der Waals surface area contributed by atoms with Crippen molar-refractivity contribution in [3.63, 3.8) is 0 Å². The van der Waals surface area contributed by atoms with E-state index in [0.29, 0.717) is 0 Å². The maximum absolute atomic E-state index is 8.85. The predicted octanol–water partition coefficient (Wildman–Crippen LogP) is -5.16. The molecule has 98 valence electrons. The molecule has 0 amide bonds. The monoisotopic (exact) mass is 409 g/mol. The van der Waals surface area contributed by atoms with Crippen LogP contribution in [0.4, 0.5) is 0 Å². The molecule has 0 fully saturated rings. The standard InChI is InChI=1S/3H3NO3S.Sb/c3*1-5(2,3)4;/h3*(H3,1,2,3,4);/q;;;+3/p-3. The largest absolute Gasteiger partial charge is 3.00 e. The van der Waals surface area contributed by atoms with E-state index in [2.05, 4.69) is 15.4 Å². The van der Waals surface area contributed by atoms with Crippen LogP contribution >= 0.6 is 0 Å². The summed E-state index contributed by atoms with van der Waals surface area (Å²) in [6.07, 6.45) is 0. The summed E-state index contributed by atoms with van der Waals surface area (Å²) >= 11 is 0. The molecule has 0 aliphatic carbocycles. The predicted molar refractivity (Wildman–Crippen MR) is 47.4 cm³/mol. The molecular weight excluding hydrogens is 404 g/mol. The molecule has 6 N–H and O–H groups in total. The van der Waals surface area contributed by atoms with E-state index in [-0.39, 0.29) is 24.4 Å². The zero-order valence-electron chi connectivity index (χ0n) is 7.08. The van der Waals surface area contributed by atoms with Gasteiger partial charge in [0.1, 0.15) is 0 Å². The maximum atomic E-state index is 8.85. The van der Waals surface area contributed by atoms with Crippen LogP contribution in [0.2, 0.25) is 0 Å². The van der Waals surface area contributed by atoms with Crippen LogP contribution in [0.3, 0.4) is 0 Å². The number of nitrogens with two attached hydrogens (primary N) is 3. The first-order valence-corrected chi connectivity index (χ1v) is 6.62. The zero-order valence-corrected chi connectivity index (χ0v) is 12.1. The maximum Gasteiger partial charge on any atom is 3.00 e. The molecule has 0 unspecified atom stereocenters. The molecule has 16 heteroatoms. The van der Waals surface area contributed by atoms with Gasteiger partial charge in [0.05, 0.1) is 0 Å². The molecule has 0 saturated heterocycles. The first kappa shape index (κ1) is 25.3.